The molecule has 2 nitrogen and oxygen atoms in total. The largest absolute Gasteiger partial charge is 0.465 e. The third kappa shape index (κ3) is 3.15. The molecule has 0 aliphatic heterocycles. The maximum absolute atomic E-state index is 11.5. The quantitative estimate of drug-likeness (QED) is 0.417. The van der Waals surface area contributed by atoms with E-state index in [2.05, 4.69) is 10.7 Å². The maximum atomic E-state index is 11.5. The first-order valence-electron chi connectivity index (χ1n) is 4.67. The molecule has 0 fully saturated rings. The van der Waals surface area contributed by atoms with E-state index in [-0.39, 0.29) is 0 Å². The van der Waals surface area contributed by atoms with E-state index in [9.17, 15) is 4.79 Å². The van der Waals surface area contributed by atoms with E-state index in [1.807, 2.05) is 12.2 Å². The Hall–Kier alpha value is -1.72. The van der Waals surface area contributed by atoms with Gasteiger partial charge in [0.1, 0.15) is 0 Å². The van der Waals surface area contributed by atoms with Crippen molar-refractivity contribution in [2.75, 3.05) is 7.11 Å². The third-order valence-corrected chi connectivity index (χ3v) is 2.26. The normalized spacial score (nSPS) is 15.7. The minimum absolute atomic E-state index is 0.364. The summed E-state index contributed by atoms with van der Waals surface area (Å²) in [7, 11) is 1.32. The Labute approximate surface area is 99.9 Å². The number of rotatable bonds is 2. The molecule has 0 aromatic heterocycles. The number of carbonyl (C=O) groups is 1. The van der Waals surface area contributed by atoms with Crippen LogP contribution in [-0.4, -0.2) is 13.1 Å². The first kappa shape index (κ1) is 12.4. The van der Waals surface area contributed by atoms with Crippen molar-refractivity contribution in [2.24, 2.45) is 0 Å². The molecule has 0 radical (unpaired) electrons. The number of allylic oxidation sites excluding steroid dienone is 6. The summed E-state index contributed by atoms with van der Waals surface area (Å²) in [6.07, 6.45) is 14.3. The number of ether oxygens (including phenoxy) is 1. The summed E-state index contributed by atoms with van der Waals surface area (Å²) >= 11 is 5.91. The van der Waals surface area contributed by atoms with Crippen LogP contribution in [0.3, 0.4) is 0 Å². The molecule has 16 heavy (non-hydrogen) atoms. The van der Waals surface area contributed by atoms with Crippen molar-refractivity contribution in [3.63, 3.8) is 0 Å². The van der Waals surface area contributed by atoms with Crippen LogP contribution < -0.4 is 0 Å². The van der Waals surface area contributed by atoms with E-state index in [0.717, 1.165) is 5.57 Å². The minimum Gasteiger partial charge on any atom is -0.465 e. The van der Waals surface area contributed by atoms with Gasteiger partial charge in [0.25, 0.3) is 0 Å². The molecule has 0 N–H and O–H groups in total. The maximum Gasteiger partial charge on any atom is 0.338 e. The second-order valence-electron chi connectivity index (χ2n) is 3.07. The van der Waals surface area contributed by atoms with Gasteiger partial charge in [-0.2, -0.15) is 0 Å². The zero-order valence-corrected chi connectivity index (χ0v) is 9.62. The lowest BCUT2D eigenvalue weighted by Crippen LogP contribution is -2.07. The summed E-state index contributed by atoms with van der Waals surface area (Å²) in [5.74, 6) is 1.87. The molecule has 0 unspecified atom stereocenters. The Kier molecular flexibility index (Phi) is 4.63. The van der Waals surface area contributed by atoms with Gasteiger partial charge in [-0.3, -0.25) is 0 Å². The van der Waals surface area contributed by atoms with Crippen LogP contribution in [0.5, 0.6) is 0 Å². The molecule has 0 saturated heterocycles. The van der Waals surface area contributed by atoms with Crippen molar-refractivity contribution in [3.8, 4) is 12.3 Å². The predicted octanol–water partition coefficient (Wildman–Crippen LogP) is 2.73. The van der Waals surface area contributed by atoms with E-state index in [1.54, 1.807) is 12.2 Å². The number of esters is 1. The number of hydrogen-bond donors (Lipinski definition) is 0. The summed E-state index contributed by atoms with van der Waals surface area (Å²) in [5, 5.41) is 0.551. The molecule has 1 rings (SSSR count). The summed E-state index contributed by atoms with van der Waals surface area (Å²) in [6, 6.07) is 0. The van der Waals surface area contributed by atoms with E-state index >= 15 is 0 Å². The van der Waals surface area contributed by atoms with Gasteiger partial charge in [-0.15, -0.1) is 6.42 Å². The Balaban J connectivity index is 3.11. The van der Waals surface area contributed by atoms with Crippen LogP contribution in [-0.2, 0) is 9.53 Å². The van der Waals surface area contributed by atoms with Gasteiger partial charge in [0.15, 0.2) is 0 Å². The van der Waals surface area contributed by atoms with Crippen LogP contribution >= 0.6 is 11.6 Å². The van der Waals surface area contributed by atoms with Crippen LogP contribution in [0.4, 0.5) is 0 Å². The monoisotopic (exact) mass is 234 g/mol. The van der Waals surface area contributed by atoms with Gasteiger partial charge in [0, 0.05) is 11.1 Å². The third-order valence-electron chi connectivity index (χ3n) is 2.02. The average Bonchev–Trinajstić information content (AvgIpc) is 2.49. The zero-order valence-electron chi connectivity index (χ0n) is 8.87. The molecule has 0 amide bonds. The summed E-state index contributed by atoms with van der Waals surface area (Å²) in [5.41, 5.74) is 1.11. The van der Waals surface area contributed by atoms with Crippen LogP contribution in [0.25, 0.3) is 0 Å². The molecule has 82 valence electrons. The van der Waals surface area contributed by atoms with Crippen molar-refractivity contribution in [3.05, 3.63) is 46.6 Å². The molecule has 0 aromatic carbocycles. The molecule has 0 atom stereocenters. The molecule has 0 saturated carbocycles. The number of terminal acetylenes is 1. The SMILES string of the molecule is C#C/C=C(\C(=O)OC)C1=CC(Cl)=CC=CC1. The Bertz CT molecular complexity index is 445. The van der Waals surface area contributed by atoms with E-state index in [1.165, 1.54) is 13.2 Å². The first-order valence-corrected chi connectivity index (χ1v) is 5.04. The summed E-state index contributed by atoms with van der Waals surface area (Å²) in [6.45, 7) is 0. The van der Waals surface area contributed by atoms with Gasteiger partial charge < -0.3 is 4.74 Å². The minimum atomic E-state index is -0.455. The molecule has 0 bridgehead atoms. The number of methoxy groups -OCH3 is 1. The highest BCUT2D eigenvalue weighted by atomic mass is 35.5. The van der Waals surface area contributed by atoms with E-state index in [0.29, 0.717) is 17.0 Å². The second-order valence-corrected chi connectivity index (χ2v) is 3.51. The molecule has 1 aliphatic carbocycles. The lowest BCUT2D eigenvalue weighted by atomic mass is 10.0. The fraction of sp³-hybridized carbons (Fsp3) is 0.154. The molecule has 0 aromatic rings. The van der Waals surface area contributed by atoms with Gasteiger partial charge in [0.05, 0.1) is 12.7 Å². The Morgan fingerprint density at radius 1 is 1.69 bits per heavy atom. The summed E-state index contributed by atoms with van der Waals surface area (Å²) < 4.78 is 4.66. The van der Waals surface area contributed by atoms with Gasteiger partial charge in [-0.25, -0.2) is 4.79 Å². The molecular formula is C13H11ClO2. The van der Waals surface area contributed by atoms with E-state index < -0.39 is 5.97 Å². The molecule has 0 spiro atoms. The van der Waals surface area contributed by atoms with Crippen LogP contribution in [0, 0.1) is 12.3 Å². The van der Waals surface area contributed by atoms with Gasteiger partial charge in [-0.05, 0) is 24.1 Å². The van der Waals surface area contributed by atoms with Crippen LogP contribution in [0.2, 0.25) is 0 Å². The lowest BCUT2D eigenvalue weighted by molar-refractivity contribution is -0.135. The van der Waals surface area contributed by atoms with Crippen molar-refractivity contribution >= 4 is 17.6 Å². The number of hydrogen-bond acceptors (Lipinski definition) is 2. The number of carbonyl (C=O) groups excluding carboxylic acids is 1. The Morgan fingerprint density at radius 2 is 2.44 bits per heavy atom. The van der Waals surface area contributed by atoms with Crippen molar-refractivity contribution < 1.29 is 9.53 Å². The molecule has 0 heterocycles. The second kappa shape index (κ2) is 5.99. The smallest absolute Gasteiger partial charge is 0.338 e. The highest BCUT2D eigenvalue weighted by Crippen LogP contribution is 2.22. The molecule has 1 aliphatic rings. The standard InChI is InChI=1S/C13H11ClO2/c1-3-6-12(13(15)16-2)10-7-4-5-8-11(14)9-10/h1,4-6,8-9H,7H2,2H3/b12-6-. The van der Waals surface area contributed by atoms with Gasteiger partial charge in [-0.1, -0.05) is 29.7 Å². The molecular weight excluding hydrogens is 224 g/mol. The van der Waals surface area contributed by atoms with E-state index in [4.69, 9.17) is 18.0 Å². The van der Waals surface area contributed by atoms with Gasteiger partial charge >= 0.3 is 5.97 Å². The zero-order chi connectivity index (χ0) is 12.0. The topological polar surface area (TPSA) is 26.3 Å². The Morgan fingerprint density at radius 3 is 3.06 bits per heavy atom. The lowest BCUT2D eigenvalue weighted by Gasteiger charge is -2.06. The molecule has 3 heteroatoms. The fourth-order valence-electron chi connectivity index (χ4n) is 1.29. The summed E-state index contributed by atoms with van der Waals surface area (Å²) in [4.78, 5) is 11.5. The van der Waals surface area contributed by atoms with Gasteiger partial charge in [0.2, 0.25) is 0 Å². The predicted molar refractivity (Wildman–Crippen MR) is 64.7 cm³/mol. The van der Waals surface area contributed by atoms with Crippen molar-refractivity contribution in [2.45, 2.75) is 6.42 Å². The van der Waals surface area contributed by atoms with Crippen molar-refractivity contribution in [1.82, 2.24) is 0 Å². The van der Waals surface area contributed by atoms with Crippen molar-refractivity contribution in [1.29, 1.82) is 0 Å². The number of halogens is 1. The highest BCUT2D eigenvalue weighted by Gasteiger charge is 2.14. The van der Waals surface area contributed by atoms with Crippen LogP contribution in [0.15, 0.2) is 46.6 Å². The fourth-order valence-corrected chi connectivity index (χ4v) is 1.50. The average molecular weight is 235 g/mol. The first-order chi connectivity index (χ1) is 7.69. The highest BCUT2D eigenvalue weighted by molar-refractivity contribution is 6.31. The van der Waals surface area contributed by atoms with Crippen LogP contribution in [0.1, 0.15) is 6.42 Å².